The van der Waals surface area contributed by atoms with E-state index < -0.39 is 291 Å². The highest BCUT2D eigenvalue weighted by Crippen LogP contribution is 2.52. The molecule has 0 radical (unpaired) electrons. The molecule has 0 spiro atoms. The average molecular weight is 694 g/mol. The molecule has 9 aromatic carbocycles. The summed E-state index contributed by atoms with van der Waals surface area (Å²) in [6, 6.07) is -26.5. The molecule has 11 rings (SSSR count). The Morgan fingerprint density at radius 3 is 1.63 bits per heavy atom. The molecule has 10 aromatic rings. The molecule has 1 aliphatic carbocycles. The van der Waals surface area contributed by atoms with Gasteiger partial charge in [-0.2, -0.15) is 0 Å². The van der Waals surface area contributed by atoms with Crippen molar-refractivity contribution < 1.29 is 46.9 Å². The van der Waals surface area contributed by atoms with Crippen LogP contribution in [0.15, 0.2) is 174 Å². The third-order valence-corrected chi connectivity index (χ3v) is 9.19. The lowest BCUT2D eigenvalue weighted by atomic mass is 9.80. The molecular formula is C51H34O. The maximum absolute atomic E-state index is 10.2. The fraction of sp³-hybridized carbons (Fsp3) is 0.0588. The molecule has 0 amide bonds. The first-order chi connectivity index (χ1) is 38.5. The highest BCUT2D eigenvalue weighted by Gasteiger charge is 2.36. The van der Waals surface area contributed by atoms with Gasteiger partial charge in [0.05, 0.1) is 38.4 Å². The summed E-state index contributed by atoms with van der Waals surface area (Å²) in [6.45, 7) is -2.51. The number of fused-ring (bicyclic) bond motifs is 10. The SMILES string of the molecule is [2H]c1c([2H])c([2H])c(-c2c([2H])c([2H])c3c(c2[2H])C(C)(C([2H])([2H])[2H])c2c([2H])c(-c4c5c([2H])c([2H])c([2H])c([2H])c5c(-c5c([2H])c([2H])c6oc7c8c([2H])c([2H])c([2H])c([2H])c8c([2H])c([2H])c7c6c5[2H])c5c([2H])c([2H])c([2H])c([2H])c45)c([2H])c([2H])c2-3)c([2H])c1[2H]. The summed E-state index contributed by atoms with van der Waals surface area (Å²) >= 11 is 0. The third-order valence-electron chi connectivity index (χ3n) is 9.19. The standard InChI is InChI=1S/C51H34O/c1-51(2)45-29-33(31-12-4-3-5-13-31)21-24-37(45)38-25-22-35(30-46(38)51)49-41-18-10-8-16-39(41)48(40-17-9-11-19-42(40)49)34-23-27-47-44(28-34)43-26-20-32-14-6-7-15-36(32)50(43)52-47/h3-30H,1-2H3/i1D3,3D,4D,5D,6D,7D,8D,9D,10D,11D,12D,13D,14D,15D,16D,17D,18D,19D,20D,21D,22D,23D,24D,25D,26D,27D,28D,29D,30D. The second-order valence-electron chi connectivity index (χ2n) is 12.1. The lowest BCUT2D eigenvalue weighted by molar-refractivity contribution is 0.661. The van der Waals surface area contributed by atoms with Crippen molar-refractivity contribution >= 4 is 54.3 Å². The van der Waals surface area contributed by atoms with E-state index in [4.69, 9.17) is 29.1 Å². The van der Waals surface area contributed by atoms with E-state index in [0.29, 0.717) is 0 Å². The molecule has 244 valence electrons. The van der Waals surface area contributed by atoms with Gasteiger partial charge in [0, 0.05) is 25.7 Å². The Labute approximate surface area is 346 Å². The van der Waals surface area contributed by atoms with Crippen LogP contribution in [-0.4, -0.2) is 0 Å². The van der Waals surface area contributed by atoms with Crippen LogP contribution >= 0.6 is 0 Å². The molecule has 0 N–H and O–H groups in total. The Bertz CT molecular complexity index is 4710. The summed E-state index contributed by atoms with van der Waals surface area (Å²) in [5.74, 6) is 0. The monoisotopic (exact) mass is 693 g/mol. The Morgan fingerprint density at radius 1 is 0.442 bits per heavy atom. The maximum Gasteiger partial charge on any atom is 0.143 e. The molecule has 1 heterocycles. The van der Waals surface area contributed by atoms with E-state index in [-0.39, 0.29) is 0 Å². The molecule has 1 unspecified atom stereocenters. The van der Waals surface area contributed by atoms with Gasteiger partial charge in [0.15, 0.2) is 0 Å². The minimum Gasteiger partial charge on any atom is -0.455 e. The van der Waals surface area contributed by atoms with Crippen LogP contribution in [0, 0.1) is 0 Å². The summed E-state index contributed by atoms with van der Waals surface area (Å²) in [5.41, 5.74) is -11.6. The zero-order valence-corrected chi connectivity index (χ0v) is 26.4. The highest BCUT2D eigenvalue weighted by molar-refractivity contribution is 6.23. The lowest BCUT2D eigenvalue weighted by Gasteiger charge is -2.23. The summed E-state index contributed by atoms with van der Waals surface area (Å²) < 4.78 is 289. The van der Waals surface area contributed by atoms with Crippen molar-refractivity contribution in [3.05, 3.63) is 180 Å². The average Bonchev–Trinajstić information content (AvgIpc) is 2.02. The topological polar surface area (TPSA) is 13.1 Å². The van der Waals surface area contributed by atoms with E-state index in [1.807, 2.05) is 0 Å². The second kappa shape index (κ2) is 10.8. The molecule has 0 aliphatic heterocycles. The molecule has 1 atom stereocenters. The molecule has 1 nitrogen and oxygen atoms in total. The van der Waals surface area contributed by atoms with E-state index in [1.165, 1.54) is 0 Å². The van der Waals surface area contributed by atoms with Gasteiger partial charge in [-0.1, -0.05) is 153 Å². The first kappa shape index (κ1) is 12.1. The predicted molar refractivity (Wildman–Crippen MR) is 220 cm³/mol. The minimum atomic E-state index is -3.48. The van der Waals surface area contributed by atoms with Crippen LogP contribution in [-0.2, 0) is 5.41 Å². The quantitative estimate of drug-likeness (QED) is 0.168. The maximum atomic E-state index is 10.2. The molecule has 52 heavy (non-hydrogen) atoms. The molecule has 1 heteroatoms. The van der Waals surface area contributed by atoms with Crippen molar-refractivity contribution in [2.24, 2.45) is 0 Å². The van der Waals surface area contributed by atoms with Crippen LogP contribution in [0.25, 0.3) is 98.8 Å². The molecule has 1 aromatic heterocycles. The first-order valence-electron chi connectivity index (χ1n) is 31.2. The summed E-state index contributed by atoms with van der Waals surface area (Å²) in [5, 5.41) is -5.15. The Kier molecular flexibility index (Phi) is 2.50. The van der Waals surface area contributed by atoms with Crippen LogP contribution in [0.3, 0.4) is 0 Å². The number of furan rings is 1. The summed E-state index contributed by atoms with van der Waals surface area (Å²) in [4.78, 5) is 0. The van der Waals surface area contributed by atoms with Crippen molar-refractivity contribution in [2.45, 2.75) is 19.2 Å². The number of hydrogen-bond acceptors (Lipinski definition) is 1. The van der Waals surface area contributed by atoms with Crippen LogP contribution in [0.5, 0.6) is 0 Å². The molecule has 0 saturated carbocycles. The molecule has 0 saturated heterocycles. The number of hydrogen-bond donors (Lipinski definition) is 0. The van der Waals surface area contributed by atoms with Gasteiger partial charge in [-0.3, -0.25) is 0 Å². The van der Waals surface area contributed by atoms with Crippen LogP contribution in [0.4, 0.5) is 0 Å². The Morgan fingerprint density at radius 2 is 0.981 bits per heavy atom. The van der Waals surface area contributed by atoms with Gasteiger partial charge in [-0.15, -0.1) is 0 Å². The van der Waals surface area contributed by atoms with E-state index in [2.05, 4.69) is 0 Å². The minimum absolute atomic E-state index is 0.440. The number of benzene rings is 9. The largest absolute Gasteiger partial charge is 0.455 e. The van der Waals surface area contributed by atoms with E-state index in [0.717, 1.165) is 6.92 Å². The second-order valence-corrected chi connectivity index (χ2v) is 12.1. The van der Waals surface area contributed by atoms with Crippen molar-refractivity contribution in [1.82, 2.24) is 0 Å². The zero-order valence-electron chi connectivity index (χ0n) is 57.4. The highest BCUT2D eigenvalue weighted by atomic mass is 16.3. The van der Waals surface area contributed by atoms with E-state index >= 15 is 0 Å². The molecule has 0 bridgehead atoms. The normalized spacial score (nSPS) is 23.8. The van der Waals surface area contributed by atoms with Gasteiger partial charge in [0.2, 0.25) is 0 Å². The fourth-order valence-corrected chi connectivity index (χ4v) is 6.85. The van der Waals surface area contributed by atoms with E-state index in [1.54, 1.807) is 0 Å². The van der Waals surface area contributed by atoms with Gasteiger partial charge < -0.3 is 4.42 Å². The van der Waals surface area contributed by atoms with Crippen LogP contribution in [0.2, 0.25) is 0 Å². The Balaban J connectivity index is 1.36. The molecular weight excluding hydrogens is 629 g/mol. The van der Waals surface area contributed by atoms with Crippen molar-refractivity contribution in [1.29, 1.82) is 0 Å². The van der Waals surface area contributed by atoms with Gasteiger partial charge in [0.1, 0.15) is 11.2 Å². The first-order valence-corrected chi connectivity index (χ1v) is 15.7. The van der Waals surface area contributed by atoms with Gasteiger partial charge in [0.25, 0.3) is 0 Å². The summed E-state index contributed by atoms with van der Waals surface area (Å²) in [6.07, 6.45) is 0. The van der Waals surface area contributed by atoms with Crippen LogP contribution in [0.1, 0.15) is 67.4 Å². The van der Waals surface area contributed by atoms with Gasteiger partial charge in [-0.25, -0.2) is 0 Å². The molecule has 0 fully saturated rings. The lowest BCUT2D eigenvalue weighted by Crippen LogP contribution is -2.15. The smallest absolute Gasteiger partial charge is 0.143 e. The Hall–Kier alpha value is -6.44. The zero-order chi connectivity index (χ0) is 61.4. The van der Waals surface area contributed by atoms with E-state index in [9.17, 15) is 17.8 Å². The van der Waals surface area contributed by atoms with Crippen molar-refractivity contribution in [2.75, 3.05) is 0 Å². The third kappa shape index (κ3) is 4.11. The predicted octanol–water partition coefficient (Wildman–Crippen LogP) is 14.4. The summed E-state index contributed by atoms with van der Waals surface area (Å²) in [7, 11) is 0. The van der Waals surface area contributed by atoms with Gasteiger partial charge in [-0.05, 0) is 113 Å². The van der Waals surface area contributed by atoms with Crippen molar-refractivity contribution in [3.8, 4) is 44.5 Å². The van der Waals surface area contributed by atoms with Gasteiger partial charge >= 0.3 is 0 Å². The number of rotatable bonds is 3. The fourth-order valence-electron chi connectivity index (χ4n) is 6.85. The van der Waals surface area contributed by atoms with Crippen molar-refractivity contribution in [3.63, 3.8) is 0 Å². The molecule has 1 aliphatic rings. The van der Waals surface area contributed by atoms with Crippen LogP contribution < -0.4 is 0 Å².